The minimum atomic E-state index is 0.253. The number of amides is 1. The molecule has 1 aliphatic heterocycles. The fourth-order valence-corrected chi connectivity index (χ4v) is 5.93. The van der Waals surface area contributed by atoms with Gasteiger partial charge >= 0.3 is 0 Å². The number of anilines is 2. The van der Waals surface area contributed by atoms with Crippen LogP contribution in [0.1, 0.15) is 69.9 Å². The molecule has 5 rings (SSSR count). The van der Waals surface area contributed by atoms with Crippen molar-refractivity contribution in [2.75, 3.05) is 32.1 Å². The largest absolute Gasteiger partial charge is 0.383 e. The van der Waals surface area contributed by atoms with Crippen LogP contribution in [0.5, 0.6) is 0 Å². The average molecular weight is 531 g/mol. The summed E-state index contributed by atoms with van der Waals surface area (Å²) >= 11 is 0. The van der Waals surface area contributed by atoms with Crippen LogP contribution in [0, 0.1) is 11.3 Å². The molecular formula is C31H42N6O2. The summed E-state index contributed by atoms with van der Waals surface area (Å²) in [6.45, 7) is 9.97. The maximum absolute atomic E-state index is 13.3. The molecule has 0 bridgehead atoms. The van der Waals surface area contributed by atoms with E-state index in [1.807, 2.05) is 16.9 Å². The van der Waals surface area contributed by atoms with Crippen molar-refractivity contribution in [3.05, 3.63) is 54.0 Å². The molecule has 2 unspecified atom stereocenters. The quantitative estimate of drug-likeness (QED) is 0.369. The number of likely N-dealkylation sites (tertiary alicyclic amines) is 1. The molecule has 8 heteroatoms. The van der Waals surface area contributed by atoms with Gasteiger partial charge in [0.1, 0.15) is 0 Å². The highest BCUT2D eigenvalue weighted by molar-refractivity contribution is 5.77. The molecule has 208 valence electrons. The molecule has 0 saturated carbocycles. The first-order valence-electron chi connectivity index (χ1n) is 14.3. The van der Waals surface area contributed by atoms with Crippen LogP contribution < -0.4 is 5.32 Å². The number of nitrogens with zero attached hydrogens (tertiary/aromatic N) is 5. The molecule has 8 nitrogen and oxygen atoms in total. The monoisotopic (exact) mass is 530 g/mol. The van der Waals surface area contributed by atoms with Gasteiger partial charge in [-0.3, -0.25) is 9.48 Å². The van der Waals surface area contributed by atoms with Gasteiger partial charge in [-0.2, -0.15) is 5.10 Å². The van der Waals surface area contributed by atoms with Crippen molar-refractivity contribution in [1.82, 2.24) is 24.6 Å². The first-order chi connectivity index (χ1) is 18.8. The molecule has 39 heavy (non-hydrogen) atoms. The maximum Gasteiger partial charge on any atom is 0.227 e. The number of hydrogen-bond donors (Lipinski definition) is 1. The lowest BCUT2D eigenvalue weighted by molar-refractivity contribution is -0.130. The smallest absolute Gasteiger partial charge is 0.227 e. The first-order valence-corrected chi connectivity index (χ1v) is 14.3. The summed E-state index contributed by atoms with van der Waals surface area (Å²) in [4.78, 5) is 24.6. The van der Waals surface area contributed by atoms with Crippen molar-refractivity contribution in [2.24, 2.45) is 11.3 Å². The van der Waals surface area contributed by atoms with Gasteiger partial charge in [0.15, 0.2) is 0 Å². The molecule has 2 aliphatic rings. The Hall–Kier alpha value is -3.26. The van der Waals surface area contributed by atoms with Crippen molar-refractivity contribution in [1.29, 1.82) is 0 Å². The Morgan fingerprint density at radius 2 is 2.05 bits per heavy atom. The molecule has 1 saturated heterocycles. The molecule has 1 N–H and O–H groups in total. The lowest BCUT2D eigenvalue weighted by atomic mass is 9.80. The van der Waals surface area contributed by atoms with Crippen LogP contribution in [0.15, 0.2) is 42.9 Å². The third kappa shape index (κ3) is 6.67. The molecule has 1 aliphatic carbocycles. The molecule has 1 aromatic carbocycles. The van der Waals surface area contributed by atoms with Gasteiger partial charge in [0.2, 0.25) is 11.9 Å². The second-order valence-electron chi connectivity index (χ2n) is 12.1. The zero-order valence-corrected chi connectivity index (χ0v) is 23.8. The fraction of sp³-hybridized carbons (Fsp3) is 0.548. The number of ether oxygens (including phenoxy) is 1. The van der Waals surface area contributed by atoms with Crippen LogP contribution in [0.2, 0.25) is 0 Å². The zero-order valence-electron chi connectivity index (χ0n) is 23.8. The predicted octanol–water partition coefficient (Wildman–Crippen LogP) is 5.82. The third-order valence-electron chi connectivity index (χ3n) is 8.38. The van der Waals surface area contributed by atoms with E-state index in [9.17, 15) is 4.79 Å². The summed E-state index contributed by atoms with van der Waals surface area (Å²) in [5.74, 6) is 1.73. The normalized spacial score (nSPS) is 19.5. The molecule has 2 atom stereocenters. The van der Waals surface area contributed by atoms with Crippen LogP contribution in [-0.4, -0.2) is 57.4 Å². The zero-order chi connectivity index (χ0) is 27.4. The van der Waals surface area contributed by atoms with Crippen LogP contribution in [0.25, 0.3) is 11.3 Å². The molecule has 1 fully saturated rings. The van der Waals surface area contributed by atoms with Crippen molar-refractivity contribution >= 4 is 17.5 Å². The summed E-state index contributed by atoms with van der Waals surface area (Å²) in [6, 6.07) is 8.62. The minimum Gasteiger partial charge on any atom is -0.383 e. The van der Waals surface area contributed by atoms with Gasteiger partial charge in [0.05, 0.1) is 30.7 Å². The van der Waals surface area contributed by atoms with Crippen molar-refractivity contribution in [3.63, 3.8) is 0 Å². The molecule has 3 heterocycles. The molecule has 2 aromatic heterocycles. The predicted molar refractivity (Wildman–Crippen MR) is 154 cm³/mol. The van der Waals surface area contributed by atoms with Gasteiger partial charge in [-0.1, -0.05) is 39.3 Å². The van der Waals surface area contributed by atoms with E-state index >= 15 is 0 Å². The van der Waals surface area contributed by atoms with E-state index in [1.165, 1.54) is 11.1 Å². The lowest BCUT2D eigenvalue weighted by Gasteiger charge is -2.27. The summed E-state index contributed by atoms with van der Waals surface area (Å²) in [5, 5.41) is 7.61. The third-order valence-corrected chi connectivity index (χ3v) is 8.38. The maximum atomic E-state index is 13.3. The number of carbonyl (C=O) groups is 1. The Balaban J connectivity index is 1.29. The van der Waals surface area contributed by atoms with Crippen LogP contribution in [0.4, 0.5) is 11.6 Å². The van der Waals surface area contributed by atoms with E-state index in [-0.39, 0.29) is 11.3 Å². The highest BCUT2D eigenvalue weighted by atomic mass is 16.5. The Labute approximate surface area is 232 Å². The van der Waals surface area contributed by atoms with Crippen LogP contribution in [0.3, 0.4) is 0 Å². The summed E-state index contributed by atoms with van der Waals surface area (Å²) in [6.07, 6.45) is 11.6. The van der Waals surface area contributed by atoms with Gasteiger partial charge in [0, 0.05) is 44.6 Å². The standard InChI is InChI=1S/C31H42N6O2/c1-31(2,3)25-12-14-36(20-25)29(38)18-23-8-6-5-7-22-17-24(9-10-27(22)23)28-11-13-32-30(35-28)34-26-19-33-37(21-26)15-16-39-4/h9-11,13,17,19,21,23,25H,5-8,12,14-16,18,20H2,1-4H3,(H,32,34,35). The second kappa shape index (κ2) is 11.9. The van der Waals surface area contributed by atoms with Gasteiger partial charge < -0.3 is 15.0 Å². The highest BCUT2D eigenvalue weighted by Crippen LogP contribution is 2.38. The Kier molecular flexibility index (Phi) is 8.31. The lowest BCUT2D eigenvalue weighted by Crippen LogP contribution is -2.32. The van der Waals surface area contributed by atoms with E-state index in [1.54, 1.807) is 19.5 Å². The van der Waals surface area contributed by atoms with E-state index in [2.05, 4.69) is 59.3 Å². The average Bonchev–Trinajstić information content (AvgIpc) is 3.55. The van der Waals surface area contributed by atoms with Crippen LogP contribution >= 0.6 is 0 Å². The van der Waals surface area contributed by atoms with E-state index in [0.717, 1.165) is 62.1 Å². The SMILES string of the molecule is COCCn1cc(Nc2nccc(-c3ccc4c(c3)CCCCC4CC(=O)N3CCC(C(C)(C)C)C3)n2)cn1. The fourth-order valence-electron chi connectivity index (χ4n) is 5.93. The van der Waals surface area contributed by atoms with Gasteiger partial charge in [-0.05, 0) is 66.2 Å². The number of aryl methyl sites for hydroxylation is 1. The van der Waals surface area contributed by atoms with Crippen molar-refractivity contribution in [2.45, 2.75) is 71.8 Å². The Bertz CT molecular complexity index is 1280. The molecule has 1 amide bonds. The number of rotatable bonds is 8. The molecule has 0 spiro atoms. The molecule has 0 radical (unpaired) electrons. The van der Waals surface area contributed by atoms with E-state index in [0.29, 0.717) is 37.3 Å². The number of fused-ring (bicyclic) bond motifs is 1. The summed E-state index contributed by atoms with van der Waals surface area (Å²) in [5.41, 5.74) is 5.74. The summed E-state index contributed by atoms with van der Waals surface area (Å²) < 4.78 is 6.95. The van der Waals surface area contributed by atoms with Crippen LogP contribution in [-0.2, 0) is 22.5 Å². The van der Waals surface area contributed by atoms with Gasteiger partial charge in [-0.15, -0.1) is 0 Å². The minimum absolute atomic E-state index is 0.253. The number of carbonyl (C=O) groups excluding carboxylic acids is 1. The van der Waals surface area contributed by atoms with Crippen molar-refractivity contribution < 1.29 is 9.53 Å². The topological polar surface area (TPSA) is 85.2 Å². The van der Waals surface area contributed by atoms with Gasteiger partial charge in [-0.25, -0.2) is 9.97 Å². The molecular weight excluding hydrogens is 488 g/mol. The van der Waals surface area contributed by atoms with Crippen molar-refractivity contribution in [3.8, 4) is 11.3 Å². The first kappa shape index (κ1) is 27.3. The molecule has 3 aromatic rings. The number of aromatic nitrogens is 4. The van der Waals surface area contributed by atoms with E-state index in [4.69, 9.17) is 9.72 Å². The Morgan fingerprint density at radius 1 is 1.18 bits per heavy atom. The number of hydrogen-bond acceptors (Lipinski definition) is 6. The number of nitrogens with one attached hydrogen (secondary N) is 1. The highest BCUT2D eigenvalue weighted by Gasteiger charge is 2.34. The number of methoxy groups -OCH3 is 1. The number of benzene rings is 1. The second-order valence-corrected chi connectivity index (χ2v) is 12.1. The summed E-state index contributed by atoms with van der Waals surface area (Å²) in [7, 11) is 1.68. The van der Waals surface area contributed by atoms with Gasteiger partial charge in [0.25, 0.3) is 0 Å². The van der Waals surface area contributed by atoms with E-state index < -0.39 is 0 Å². The Morgan fingerprint density at radius 3 is 2.85 bits per heavy atom.